The van der Waals surface area contributed by atoms with Crippen molar-refractivity contribution >= 4 is 21.6 Å². The molecule has 0 radical (unpaired) electrons. The average Bonchev–Trinajstić information content (AvgIpc) is 3.30. The molecule has 1 fully saturated rings. The number of hydrogen-bond acceptors (Lipinski definition) is 6. The lowest BCUT2D eigenvalue weighted by atomic mass is 10.1. The van der Waals surface area contributed by atoms with Gasteiger partial charge in [-0.15, -0.1) is 0 Å². The standard InChI is InChI=1S/C21H26N2O6S/c1-14-11-18(28-3)19(29-4)13-16(14)22-21(24)15-7-8-17(27-2)20(12-15)30(25,26)23-9-5-6-10-23/h7-8,11-13H,5-6,9-10H2,1-4H3,(H,22,24). The summed E-state index contributed by atoms with van der Waals surface area (Å²) in [6, 6.07) is 7.81. The van der Waals surface area contributed by atoms with Crippen LogP contribution >= 0.6 is 0 Å². The molecular formula is C21H26N2O6S. The van der Waals surface area contributed by atoms with Gasteiger partial charge in [-0.2, -0.15) is 4.31 Å². The third-order valence-corrected chi connectivity index (χ3v) is 7.01. The second-order valence-electron chi connectivity index (χ2n) is 6.95. The third kappa shape index (κ3) is 4.22. The number of rotatable bonds is 7. The van der Waals surface area contributed by atoms with E-state index in [4.69, 9.17) is 14.2 Å². The molecule has 1 saturated heterocycles. The molecule has 1 aliphatic heterocycles. The Morgan fingerprint density at radius 3 is 2.13 bits per heavy atom. The van der Waals surface area contributed by atoms with Gasteiger partial charge in [-0.1, -0.05) is 0 Å². The van der Waals surface area contributed by atoms with Crippen LogP contribution in [-0.4, -0.2) is 53.0 Å². The molecule has 0 spiro atoms. The van der Waals surface area contributed by atoms with Gasteiger partial charge in [-0.3, -0.25) is 4.79 Å². The van der Waals surface area contributed by atoms with Gasteiger partial charge >= 0.3 is 0 Å². The van der Waals surface area contributed by atoms with E-state index in [1.807, 2.05) is 6.92 Å². The Labute approximate surface area is 176 Å². The highest BCUT2D eigenvalue weighted by Gasteiger charge is 2.30. The number of nitrogens with one attached hydrogen (secondary N) is 1. The first-order chi connectivity index (χ1) is 14.3. The van der Waals surface area contributed by atoms with Crippen LogP contribution in [0.25, 0.3) is 0 Å². The summed E-state index contributed by atoms with van der Waals surface area (Å²) in [6.45, 7) is 2.76. The molecule has 0 unspecified atom stereocenters. The highest BCUT2D eigenvalue weighted by Crippen LogP contribution is 2.34. The number of aryl methyl sites for hydroxylation is 1. The van der Waals surface area contributed by atoms with Gasteiger partial charge in [0.2, 0.25) is 10.0 Å². The summed E-state index contributed by atoms with van der Waals surface area (Å²) in [5.41, 5.74) is 1.53. The average molecular weight is 435 g/mol. The lowest BCUT2D eigenvalue weighted by Gasteiger charge is -2.18. The van der Waals surface area contributed by atoms with Crippen molar-refractivity contribution in [3.8, 4) is 17.2 Å². The van der Waals surface area contributed by atoms with Crippen molar-refractivity contribution in [1.82, 2.24) is 4.31 Å². The molecule has 3 rings (SSSR count). The quantitative estimate of drug-likeness (QED) is 0.720. The Morgan fingerprint density at radius 2 is 1.53 bits per heavy atom. The van der Waals surface area contributed by atoms with Gasteiger partial charge in [0.25, 0.3) is 5.91 Å². The summed E-state index contributed by atoms with van der Waals surface area (Å²) in [5, 5.41) is 2.81. The van der Waals surface area contributed by atoms with Crippen molar-refractivity contribution in [1.29, 1.82) is 0 Å². The third-order valence-electron chi connectivity index (χ3n) is 5.09. The fourth-order valence-electron chi connectivity index (χ4n) is 3.40. The molecule has 1 amide bonds. The molecule has 1 heterocycles. The Hall–Kier alpha value is -2.78. The molecule has 0 aliphatic carbocycles. The van der Waals surface area contributed by atoms with Crippen molar-refractivity contribution in [2.24, 2.45) is 0 Å². The van der Waals surface area contributed by atoms with Crippen LogP contribution in [0, 0.1) is 6.92 Å². The molecule has 2 aromatic carbocycles. The number of carbonyl (C=O) groups excluding carboxylic acids is 1. The van der Waals surface area contributed by atoms with Gasteiger partial charge < -0.3 is 19.5 Å². The van der Waals surface area contributed by atoms with Gasteiger partial charge in [0.1, 0.15) is 10.6 Å². The number of nitrogens with zero attached hydrogens (tertiary/aromatic N) is 1. The largest absolute Gasteiger partial charge is 0.495 e. The maximum absolute atomic E-state index is 13.0. The minimum atomic E-state index is -3.75. The number of sulfonamides is 1. The van der Waals surface area contributed by atoms with Gasteiger partial charge in [-0.05, 0) is 49.6 Å². The maximum Gasteiger partial charge on any atom is 0.255 e. The van der Waals surface area contributed by atoms with Crippen LogP contribution in [0.15, 0.2) is 35.2 Å². The summed E-state index contributed by atoms with van der Waals surface area (Å²) in [4.78, 5) is 12.9. The Balaban J connectivity index is 1.94. The normalized spacial score (nSPS) is 14.4. The second kappa shape index (κ2) is 8.93. The van der Waals surface area contributed by atoms with E-state index in [-0.39, 0.29) is 16.2 Å². The zero-order valence-corrected chi connectivity index (χ0v) is 18.3. The second-order valence-corrected chi connectivity index (χ2v) is 8.86. The number of benzene rings is 2. The van der Waals surface area contributed by atoms with Crippen molar-refractivity contribution in [3.05, 3.63) is 41.5 Å². The van der Waals surface area contributed by atoms with Crippen molar-refractivity contribution in [2.75, 3.05) is 39.7 Å². The number of hydrogen-bond donors (Lipinski definition) is 1. The van der Waals surface area contributed by atoms with Crippen molar-refractivity contribution in [2.45, 2.75) is 24.7 Å². The molecule has 0 saturated carbocycles. The number of carbonyl (C=O) groups is 1. The summed E-state index contributed by atoms with van der Waals surface area (Å²) < 4.78 is 43.3. The Morgan fingerprint density at radius 1 is 0.933 bits per heavy atom. The molecule has 0 aromatic heterocycles. The molecule has 1 N–H and O–H groups in total. The zero-order chi connectivity index (χ0) is 21.9. The molecule has 30 heavy (non-hydrogen) atoms. The highest BCUT2D eigenvalue weighted by molar-refractivity contribution is 7.89. The number of anilines is 1. The van der Waals surface area contributed by atoms with E-state index in [1.165, 1.54) is 43.8 Å². The van der Waals surface area contributed by atoms with Crippen LogP contribution in [0.3, 0.4) is 0 Å². The minimum Gasteiger partial charge on any atom is -0.495 e. The SMILES string of the molecule is COc1cc(C)c(NC(=O)c2ccc(OC)c(S(=O)(=O)N3CCCC3)c2)cc1OC. The molecule has 162 valence electrons. The lowest BCUT2D eigenvalue weighted by molar-refractivity contribution is 0.102. The molecule has 9 heteroatoms. The molecule has 0 bridgehead atoms. The van der Waals surface area contributed by atoms with Crippen LogP contribution in [0.4, 0.5) is 5.69 Å². The summed E-state index contributed by atoms with van der Waals surface area (Å²) in [6.07, 6.45) is 1.64. The summed E-state index contributed by atoms with van der Waals surface area (Å²) in [5.74, 6) is 0.800. The van der Waals surface area contributed by atoms with E-state index in [9.17, 15) is 13.2 Å². The zero-order valence-electron chi connectivity index (χ0n) is 17.5. The van der Waals surface area contributed by atoms with Gasteiger partial charge in [0.05, 0.1) is 21.3 Å². The highest BCUT2D eigenvalue weighted by atomic mass is 32.2. The predicted molar refractivity (Wildman–Crippen MR) is 113 cm³/mol. The Kier molecular flexibility index (Phi) is 6.52. The minimum absolute atomic E-state index is 0.0106. The first-order valence-corrected chi connectivity index (χ1v) is 11.0. The van der Waals surface area contributed by atoms with E-state index in [0.29, 0.717) is 30.3 Å². The summed E-state index contributed by atoms with van der Waals surface area (Å²) >= 11 is 0. The first kappa shape index (κ1) is 21.9. The van der Waals surface area contributed by atoms with Crippen LogP contribution in [0.2, 0.25) is 0 Å². The monoisotopic (exact) mass is 434 g/mol. The molecule has 2 aromatic rings. The van der Waals surface area contributed by atoms with Gasteiger partial charge in [-0.25, -0.2) is 8.42 Å². The topological polar surface area (TPSA) is 94.2 Å². The number of amides is 1. The van der Waals surface area contributed by atoms with Crippen molar-refractivity contribution < 1.29 is 27.4 Å². The Bertz CT molecular complexity index is 1050. The molecule has 8 nitrogen and oxygen atoms in total. The van der Waals surface area contributed by atoms with Crippen LogP contribution < -0.4 is 19.5 Å². The predicted octanol–water partition coefficient (Wildman–Crippen LogP) is 3.06. The van der Waals surface area contributed by atoms with E-state index >= 15 is 0 Å². The van der Waals surface area contributed by atoms with Gasteiger partial charge in [0, 0.05) is 30.4 Å². The van der Waals surface area contributed by atoms with E-state index in [1.54, 1.807) is 12.1 Å². The smallest absolute Gasteiger partial charge is 0.255 e. The van der Waals surface area contributed by atoms with Crippen LogP contribution in [0.1, 0.15) is 28.8 Å². The summed E-state index contributed by atoms with van der Waals surface area (Å²) in [7, 11) is 0.710. The lowest BCUT2D eigenvalue weighted by Crippen LogP contribution is -2.28. The number of methoxy groups -OCH3 is 3. The van der Waals surface area contributed by atoms with Gasteiger partial charge in [0.15, 0.2) is 11.5 Å². The van der Waals surface area contributed by atoms with Crippen LogP contribution in [0.5, 0.6) is 17.2 Å². The molecular weight excluding hydrogens is 408 g/mol. The van der Waals surface area contributed by atoms with E-state index < -0.39 is 15.9 Å². The van der Waals surface area contributed by atoms with E-state index in [0.717, 1.165) is 18.4 Å². The maximum atomic E-state index is 13.0. The number of ether oxygens (including phenoxy) is 3. The fraction of sp³-hybridized carbons (Fsp3) is 0.381. The van der Waals surface area contributed by atoms with Crippen LogP contribution in [-0.2, 0) is 10.0 Å². The fourth-order valence-corrected chi connectivity index (χ4v) is 5.10. The van der Waals surface area contributed by atoms with E-state index in [2.05, 4.69) is 5.32 Å². The first-order valence-electron chi connectivity index (χ1n) is 9.54. The molecule has 1 aliphatic rings. The molecule has 0 atom stereocenters. The van der Waals surface area contributed by atoms with Crippen molar-refractivity contribution in [3.63, 3.8) is 0 Å².